The van der Waals surface area contributed by atoms with Gasteiger partial charge in [-0.3, -0.25) is 9.48 Å². The Morgan fingerprint density at radius 2 is 2.19 bits per heavy atom. The van der Waals surface area contributed by atoms with Crippen molar-refractivity contribution in [1.82, 2.24) is 9.78 Å². The Labute approximate surface area is 133 Å². The monoisotopic (exact) mass is 350 g/mol. The molecule has 0 fully saturated rings. The second kappa shape index (κ2) is 6.89. The Bertz CT molecular complexity index is 637. The Balaban J connectivity index is 2.11. The summed E-state index contributed by atoms with van der Waals surface area (Å²) in [5.41, 5.74) is 1.45. The van der Waals surface area contributed by atoms with Gasteiger partial charge in [0.25, 0.3) is 0 Å². The van der Waals surface area contributed by atoms with Crippen molar-refractivity contribution in [1.29, 1.82) is 0 Å². The molecule has 0 aliphatic heterocycles. The number of rotatable bonds is 6. The Morgan fingerprint density at radius 3 is 2.81 bits per heavy atom. The summed E-state index contributed by atoms with van der Waals surface area (Å²) in [5.74, 6) is 0.764. The van der Waals surface area contributed by atoms with E-state index in [0.29, 0.717) is 23.8 Å². The van der Waals surface area contributed by atoms with Crippen LogP contribution in [0, 0.1) is 0 Å². The Morgan fingerprint density at radius 1 is 1.43 bits per heavy atom. The first-order chi connectivity index (χ1) is 10.0. The van der Waals surface area contributed by atoms with Gasteiger partial charge in [-0.05, 0) is 53.5 Å². The van der Waals surface area contributed by atoms with Crippen molar-refractivity contribution in [2.24, 2.45) is 0 Å². The van der Waals surface area contributed by atoms with E-state index in [-0.39, 0.29) is 5.78 Å². The molecule has 0 radical (unpaired) electrons. The van der Waals surface area contributed by atoms with Crippen LogP contribution in [0.1, 0.15) is 42.4 Å². The van der Waals surface area contributed by atoms with Crippen LogP contribution in [0.15, 0.2) is 34.9 Å². The molecule has 0 aliphatic carbocycles. The van der Waals surface area contributed by atoms with Crippen LogP contribution in [0.2, 0.25) is 0 Å². The van der Waals surface area contributed by atoms with Gasteiger partial charge in [-0.1, -0.05) is 6.92 Å². The summed E-state index contributed by atoms with van der Waals surface area (Å²) < 4.78 is 7.85. The summed E-state index contributed by atoms with van der Waals surface area (Å²) in [6.07, 6.45) is 3.25. The van der Waals surface area contributed by atoms with Crippen molar-refractivity contribution in [2.75, 3.05) is 7.11 Å². The fourth-order valence-electron chi connectivity index (χ4n) is 2.01. The number of carbonyl (C=O) groups excluding carboxylic acids is 1. The van der Waals surface area contributed by atoms with Crippen LogP contribution < -0.4 is 4.74 Å². The third-order valence-electron chi connectivity index (χ3n) is 3.52. The SMILES string of the molecule is CCC(C)n1ccc(CC(=O)c2ccc(OC)c(Br)c2)n1. The Hall–Kier alpha value is -1.62. The zero-order valence-corrected chi connectivity index (χ0v) is 14.1. The number of aromatic nitrogens is 2. The summed E-state index contributed by atoms with van der Waals surface area (Å²) in [4.78, 5) is 12.3. The van der Waals surface area contributed by atoms with Crippen LogP contribution in [-0.2, 0) is 6.42 Å². The molecule has 0 N–H and O–H groups in total. The van der Waals surface area contributed by atoms with Gasteiger partial charge in [0.15, 0.2) is 5.78 Å². The lowest BCUT2D eigenvalue weighted by Crippen LogP contribution is -2.08. The summed E-state index contributed by atoms with van der Waals surface area (Å²) >= 11 is 3.40. The fraction of sp³-hybridized carbons (Fsp3) is 0.375. The molecular weight excluding hydrogens is 332 g/mol. The van der Waals surface area contributed by atoms with E-state index in [4.69, 9.17) is 4.74 Å². The average Bonchev–Trinajstić information content (AvgIpc) is 2.94. The molecule has 1 aromatic heterocycles. The lowest BCUT2D eigenvalue weighted by molar-refractivity contribution is 0.0991. The van der Waals surface area contributed by atoms with Gasteiger partial charge in [-0.15, -0.1) is 0 Å². The van der Waals surface area contributed by atoms with Gasteiger partial charge in [-0.25, -0.2) is 0 Å². The molecule has 112 valence electrons. The van der Waals surface area contributed by atoms with E-state index in [1.165, 1.54) is 0 Å². The van der Waals surface area contributed by atoms with Crippen LogP contribution >= 0.6 is 15.9 Å². The highest BCUT2D eigenvalue weighted by Gasteiger charge is 2.12. The lowest BCUT2D eigenvalue weighted by Gasteiger charge is -2.08. The lowest BCUT2D eigenvalue weighted by atomic mass is 10.1. The number of ketones is 1. The average molecular weight is 351 g/mol. The summed E-state index contributed by atoms with van der Waals surface area (Å²) in [6, 6.07) is 7.60. The van der Waals surface area contributed by atoms with E-state index in [9.17, 15) is 4.79 Å². The van der Waals surface area contributed by atoms with Crippen molar-refractivity contribution in [3.05, 3.63) is 46.2 Å². The van der Waals surface area contributed by atoms with E-state index in [0.717, 1.165) is 16.6 Å². The number of hydrogen-bond acceptors (Lipinski definition) is 3. The summed E-state index contributed by atoms with van der Waals surface area (Å²) in [6.45, 7) is 4.23. The predicted octanol–water partition coefficient (Wildman–Crippen LogP) is 4.05. The molecule has 21 heavy (non-hydrogen) atoms. The number of benzene rings is 1. The molecule has 4 nitrogen and oxygen atoms in total. The third-order valence-corrected chi connectivity index (χ3v) is 4.14. The van der Waals surface area contributed by atoms with Crippen molar-refractivity contribution in [2.45, 2.75) is 32.7 Å². The van der Waals surface area contributed by atoms with E-state index in [1.54, 1.807) is 25.3 Å². The van der Waals surface area contributed by atoms with Crippen LogP contribution in [-0.4, -0.2) is 22.7 Å². The standard InChI is InChI=1S/C16H19BrN2O2/c1-4-11(2)19-8-7-13(18-19)10-15(20)12-5-6-16(21-3)14(17)9-12/h5-9,11H,4,10H2,1-3H3. The van der Waals surface area contributed by atoms with E-state index < -0.39 is 0 Å². The van der Waals surface area contributed by atoms with Crippen LogP contribution in [0.3, 0.4) is 0 Å². The molecule has 1 heterocycles. The quantitative estimate of drug-likeness (QED) is 0.738. The molecule has 0 bridgehead atoms. The number of carbonyl (C=O) groups is 1. The van der Waals surface area contributed by atoms with Gasteiger partial charge >= 0.3 is 0 Å². The van der Waals surface area contributed by atoms with Gasteiger partial charge in [0.2, 0.25) is 0 Å². The predicted molar refractivity (Wildman–Crippen MR) is 86.0 cm³/mol. The maximum atomic E-state index is 12.3. The highest BCUT2D eigenvalue weighted by molar-refractivity contribution is 9.10. The summed E-state index contributed by atoms with van der Waals surface area (Å²) in [5, 5.41) is 4.46. The zero-order valence-electron chi connectivity index (χ0n) is 12.5. The summed E-state index contributed by atoms with van der Waals surface area (Å²) in [7, 11) is 1.60. The van der Waals surface area contributed by atoms with Gasteiger partial charge < -0.3 is 4.74 Å². The maximum Gasteiger partial charge on any atom is 0.168 e. The molecular formula is C16H19BrN2O2. The number of hydrogen-bond donors (Lipinski definition) is 0. The molecule has 1 aromatic carbocycles. The third kappa shape index (κ3) is 3.73. The number of halogens is 1. The van der Waals surface area contributed by atoms with Crippen LogP contribution in [0.25, 0.3) is 0 Å². The highest BCUT2D eigenvalue weighted by atomic mass is 79.9. The minimum atomic E-state index is 0.0488. The zero-order chi connectivity index (χ0) is 15.4. The van der Waals surface area contributed by atoms with E-state index in [2.05, 4.69) is 34.9 Å². The number of nitrogens with zero attached hydrogens (tertiary/aromatic N) is 2. The van der Waals surface area contributed by atoms with Crippen LogP contribution in [0.4, 0.5) is 0 Å². The van der Waals surface area contributed by atoms with Crippen molar-refractivity contribution in [3.8, 4) is 5.75 Å². The molecule has 0 saturated carbocycles. The second-order valence-electron chi connectivity index (χ2n) is 4.99. The van der Waals surface area contributed by atoms with Gasteiger partial charge in [-0.2, -0.15) is 5.10 Å². The molecule has 0 saturated heterocycles. The minimum absolute atomic E-state index is 0.0488. The number of Topliss-reactive ketones (excluding diaryl/α,β-unsaturated/α-hetero) is 1. The van der Waals surface area contributed by atoms with Gasteiger partial charge in [0.1, 0.15) is 5.75 Å². The topological polar surface area (TPSA) is 44.1 Å². The molecule has 0 aliphatic rings. The number of ether oxygens (including phenoxy) is 1. The fourth-order valence-corrected chi connectivity index (χ4v) is 2.55. The molecule has 0 amide bonds. The molecule has 5 heteroatoms. The first-order valence-corrected chi connectivity index (χ1v) is 7.75. The van der Waals surface area contributed by atoms with Crippen molar-refractivity contribution < 1.29 is 9.53 Å². The van der Waals surface area contributed by atoms with Crippen LogP contribution in [0.5, 0.6) is 5.75 Å². The van der Waals surface area contributed by atoms with Crippen molar-refractivity contribution >= 4 is 21.7 Å². The molecule has 1 unspecified atom stereocenters. The molecule has 2 aromatic rings. The smallest absolute Gasteiger partial charge is 0.168 e. The Kier molecular flexibility index (Phi) is 5.17. The van der Waals surface area contributed by atoms with Gasteiger partial charge in [0, 0.05) is 17.8 Å². The first-order valence-electron chi connectivity index (χ1n) is 6.96. The first kappa shape index (κ1) is 15.8. The normalized spacial score (nSPS) is 12.2. The number of methoxy groups -OCH3 is 1. The van der Waals surface area contributed by atoms with E-state index >= 15 is 0 Å². The van der Waals surface area contributed by atoms with E-state index in [1.807, 2.05) is 16.9 Å². The maximum absolute atomic E-state index is 12.3. The molecule has 0 spiro atoms. The molecule has 1 atom stereocenters. The largest absolute Gasteiger partial charge is 0.496 e. The van der Waals surface area contributed by atoms with Gasteiger partial charge in [0.05, 0.1) is 23.7 Å². The molecule has 2 rings (SSSR count). The highest BCUT2D eigenvalue weighted by Crippen LogP contribution is 2.26. The second-order valence-corrected chi connectivity index (χ2v) is 5.85. The minimum Gasteiger partial charge on any atom is -0.496 e. The van der Waals surface area contributed by atoms with Crippen molar-refractivity contribution in [3.63, 3.8) is 0 Å².